The van der Waals surface area contributed by atoms with Crippen molar-refractivity contribution >= 4 is 17.4 Å². The van der Waals surface area contributed by atoms with Crippen molar-refractivity contribution in [1.29, 1.82) is 0 Å². The Labute approximate surface area is 172 Å². The summed E-state index contributed by atoms with van der Waals surface area (Å²) in [4.78, 5) is 19.1. The third-order valence-corrected chi connectivity index (χ3v) is 6.76. The molecular weight excluding hydrogens is 368 g/mol. The quantitative estimate of drug-likeness (QED) is 0.702. The Morgan fingerprint density at radius 2 is 1.86 bits per heavy atom. The van der Waals surface area contributed by atoms with E-state index < -0.39 is 0 Å². The van der Waals surface area contributed by atoms with Crippen LogP contribution in [0.2, 0.25) is 0 Å². The van der Waals surface area contributed by atoms with E-state index in [1.165, 1.54) is 10.6 Å². The molecule has 0 aliphatic carbocycles. The van der Waals surface area contributed by atoms with Gasteiger partial charge in [0, 0.05) is 23.0 Å². The summed E-state index contributed by atoms with van der Waals surface area (Å²) in [7, 11) is 5.76. The van der Waals surface area contributed by atoms with Crippen molar-refractivity contribution in [2.75, 3.05) is 32.6 Å². The molecule has 0 bridgehead atoms. The van der Waals surface area contributed by atoms with Gasteiger partial charge < -0.3 is 14.5 Å². The van der Waals surface area contributed by atoms with Gasteiger partial charge in [-0.25, -0.2) is 0 Å². The highest BCUT2D eigenvalue weighted by atomic mass is 32.2. The van der Waals surface area contributed by atoms with Crippen molar-refractivity contribution in [3.63, 3.8) is 0 Å². The summed E-state index contributed by atoms with van der Waals surface area (Å²) in [5, 5.41) is -0.0615. The fourth-order valence-electron chi connectivity index (χ4n) is 3.35. The topological polar surface area (TPSA) is 32.8 Å². The summed E-state index contributed by atoms with van der Waals surface area (Å²) in [5.41, 5.74) is 3.05. The molecule has 1 aliphatic heterocycles. The van der Waals surface area contributed by atoms with Gasteiger partial charge in [-0.15, -0.1) is 0 Å². The number of hydrogen-bond donors (Lipinski definition) is 0. The Morgan fingerprint density at radius 3 is 2.50 bits per heavy atom. The first-order valence-electron chi connectivity index (χ1n) is 9.74. The molecular formula is C23H30N2O2S. The molecule has 4 nitrogen and oxygen atoms in total. The van der Waals surface area contributed by atoms with Gasteiger partial charge in [0.25, 0.3) is 0 Å². The minimum atomic E-state index is -0.0615. The van der Waals surface area contributed by atoms with Crippen molar-refractivity contribution in [3.8, 4) is 5.75 Å². The van der Waals surface area contributed by atoms with E-state index in [2.05, 4.69) is 75.0 Å². The van der Waals surface area contributed by atoms with Gasteiger partial charge >= 0.3 is 0 Å². The number of methoxy groups -OCH3 is 1. The van der Waals surface area contributed by atoms with E-state index in [-0.39, 0.29) is 10.8 Å². The van der Waals surface area contributed by atoms with Gasteiger partial charge in [0.2, 0.25) is 5.43 Å². The van der Waals surface area contributed by atoms with Crippen molar-refractivity contribution < 1.29 is 4.74 Å². The summed E-state index contributed by atoms with van der Waals surface area (Å²) in [6.45, 7) is 7.32. The number of para-hydroxylation sites is 1. The van der Waals surface area contributed by atoms with E-state index in [0.717, 1.165) is 17.7 Å². The van der Waals surface area contributed by atoms with Gasteiger partial charge in [0.05, 0.1) is 12.8 Å². The Balaban J connectivity index is 2.11. The van der Waals surface area contributed by atoms with Gasteiger partial charge in [-0.1, -0.05) is 49.9 Å². The van der Waals surface area contributed by atoms with Crippen molar-refractivity contribution in [1.82, 2.24) is 4.90 Å². The number of likely N-dealkylation sites (N-methyl/N-ethyl adjacent to an activating group) is 1. The van der Waals surface area contributed by atoms with Gasteiger partial charge in [0.15, 0.2) is 5.75 Å². The van der Waals surface area contributed by atoms with Crippen LogP contribution in [-0.2, 0) is 0 Å². The molecule has 1 heterocycles. The summed E-state index contributed by atoms with van der Waals surface area (Å²) in [6.07, 6.45) is 0. The zero-order chi connectivity index (χ0) is 20.4. The lowest BCUT2D eigenvalue weighted by atomic mass is 10.1. The SMILES string of the molecule is COc1cc(C(C)C)ccc(C2Sc3ccccc3N2CC(C)N(C)C)c1=O. The number of nitrogens with zero attached hydrogens (tertiary/aromatic N) is 2. The number of thioether (sulfide) groups is 1. The smallest absolute Gasteiger partial charge is 0.226 e. The minimum absolute atomic E-state index is 0.0257. The fourth-order valence-corrected chi connectivity index (χ4v) is 4.70. The molecule has 0 fully saturated rings. The molecule has 1 aliphatic rings. The molecule has 5 heteroatoms. The van der Waals surface area contributed by atoms with E-state index in [0.29, 0.717) is 17.7 Å². The Hall–Kier alpha value is -1.98. The zero-order valence-electron chi connectivity index (χ0n) is 17.6. The summed E-state index contributed by atoms with van der Waals surface area (Å²) in [6, 6.07) is 14.7. The van der Waals surface area contributed by atoms with Crippen molar-refractivity contribution in [2.24, 2.45) is 0 Å². The van der Waals surface area contributed by atoms with E-state index in [4.69, 9.17) is 4.74 Å². The van der Waals surface area contributed by atoms with E-state index in [1.807, 2.05) is 12.1 Å². The van der Waals surface area contributed by atoms with Crippen LogP contribution in [0, 0.1) is 0 Å². The predicted molar refractivity (Wildman–Crippen MR) is 119 cm³/mol. The van der Waals surface area contributed by atoms with Crippen LogP contribution in [0.1, 0.15) is 43.2 Å². The molecule has 2 aromatic carbocycles. The summed E-state index contributed by atoms with van der Waals surface area (Å²) < 4.78 is 5.48. The first-order valence-corrected chi connectivity index (χ1v) is 10.6. The number of hydrogen-bond acceptors (Lipinski definition) is 5. The van der Waals surface area contributed by atoms with Crippen LogP contribution in [0.3, 0.4) is 0 Å². The monoisotopic (exact) mass is 398 g/mol. The van der Waals surface area contributed by atoms with Gasteiger partial charge in [-0.05, 0) is 50.7 Å². The highest BCUT2D eigenvalue weighted by molar-refractivity contribution is 8.00. The molecule has 0 saturated carbocycles. The molecule has 3 rings (SSSR count). The highest BCUT2D eigenvalue weighted by Crippen LogP contribution is 2.50. The molecule has 0 saturated heterocycles. The average molecular weight is 399 g/mol. The molecule has 28 heavy (non-hydrogen) atoms. The van der Waals surface area contributed by atoms with E-state index in [9.17, 15) is 4.79 Å². The van der Waals surface area contributed by atoms with Gasteiger partial charge in [-0.3, -0.25) is 4.79 Å². The average Bonchev–Trinajstić information content (AvgIpc) is 2.92. The van der Waals surface area contributed by atoms with Crippen LogP contribution in [0.25, 0.3) is 0 Å². The van der Waals surface area contributed by atoms with Crippen LogP contribution in [0.4, 0.5) is 5.69 Å². The lowest BCUT2D eigenvalue weighted by Gasteiger charge is -2.31. The van der Waals surface area contributed by atoms with E-state index in [1.54, 1.807) is 18.9 Å². The van der Waals surface area contributed by atoms with Crippen LogP contribution < -0.4 is 15.1 Å². The maximum absolute atomic E-state index is 13.3. The summed E-state index contributed by atoms with van der Waals surface area (Å²) >= 11 is 1.75. The number of benzene rings is 1. The molecule has 2 unspecified atom stereocenters. The largest absolute Gasteiger partial charge is 0.493 e. The number of rotatable bonds is 6. The van der Waals surface area contributed by atoms with E-state index >= 15 is 0 Å². The maximum atomic E-state index is 13.3. The first-order chi connectivity index (χ1) is 13.3. The Bertz CT molecular complexity index is 898. The van der Waals surface area contributed by atoms with Crippen molar-refractivity contribution in [2.45, 2.75) is 43.0 Å². The lowest BCUT2D eigenvalue weighted by Crippen LogP contribution is -2.39. The molecule has 0 aromatic heterocycles. The first kappa shape index (κ1) is 20.7. The fraction of sp³-hybridized carbons (Fsp3) is 0.435. The molecule has 0 amide bonds. The van der Waals surface area contributed by atoms with Crippen LogP contribution in [-0.4, -0.2) is 38.7 Å². The highest BCUT2D eigenvalue weighted by Gasteiger charge is 2.34. The number of ether oxygens (including phenoxy) is 1. The Morgan fingerprint density at radius 1 is 1.14 bits per heavy atom. The second-order valence-corrected chi connectivity index (χ2v) is 9.01. The summed E-state index contributed by atoms with van der Waals surface area (Å²) in [5.74, 6) is 0.743. The second-order valence-electron chi connectivity index (χ2n) is 7.89. The molecule has 150 valence electrons. The molecule has 0 N–H and O–H groups in total. The van der Waals surface area contributed by atoms with Crippen LogP contribution in [0.5, 0.6) is 5.75 Å². The number of anilines is 1. The van der Waals surface area contributed by atoms with Gasteiger partial charge in [-0.2, -0.15) is 0 Å². The molecule has 2 aromatic rings. The van der Waals surface area contributed by atoms with Crippen molar-refractivity contribution in [3.05, 3.63) is 63.8 Å². The standard InChI is InChI=1S/C23H30N2O2S/c1-15(2)17-11-12-18(22(26)20(13-17)27-6)23-25(14-16(3)24(4)5)19-9-7-8-10-21(19)28-23/h7-13,15-16,23H,14H2,1-6H3. The van der Waals surface area contributed by atoms with Crippen LogP contribution in [0.15, 0.2) is 52.2 Å². The zero-order valence-corrected chi connectivity index (χ0v) is 18.4. The van der Waals surface area contributed by atoms with Crippen LogP contribution >= 0.6 is 11.8 Å². The number of fused-ring (bicyclic) bond motifs is 1. The minimum Gasteiger partial charge on any atom is -0.493 e. The lowest BCUT2D eigenvalue weighted by molar-refractivity contribution is 0.314. The second kappa shape index (κ2) is 8.58. The van der Waals surface area contributed by atoms with Gasteiger partial charge in [0.1, 0.15) is 5.37 Å². The Kier molecular flexibility index (Phi) is 6.36. The maximum Gasteiger partial charge on any atom is 0.226 e. The third-order valence-electron chi connectivity index (χ3n) is 5.43. The normalized spacial score (nSPS) is 17.1. The predicted octanol–water partition coefficient (Wildman–Crippen LogP) is 4.74. The molecule has 0 spiro atoms. The third kappa shape index (κ3) is 4.06. The molecule has 0 radical (unpaired) electrons. The molecule has 2 atom stereocenters.